The molecular formula is C17H35N2O2+. The fourth-order valence-electron chi connectivity index (χ4n) is 2.14. The van der Waals surface area contributed by atoms with E-state index in [-0.39, 0.29) is 10.6 Å². The molecule has 0 aliphatic carbocycles. The summed E-state index contributed by atoms with van der Waals surface area (Å²) in [5.41, 5.74) is 0. The molecule has 0 aliphatic rings. The number of hydroxylamine groups is 3. The second-order valence-electron chi connectivity index (χ2n) is 6.23. The molecule has 0 bridgehead atoms. The SMILES string of the molecule is CCC=CCCCCCCCC(=O)NCCC[N+](C)(C)O. The van der Waals surface area contributed by atoms with Crippen molar-refractivity contribution in [3.63, 3.8) is 0 Å². The highest BCUT2D eigenvalue weighted by atomic mass is 16.5. The Morgan fingerprint density at radius 2 is 1.71 bits per heavy atom. The van der Waals surface area contributed by atoms with E-state index in [1.165, 1.54) is 25.7 Å². The van der Waals surface area contributed by atoms with Gasteiger partial charge in [0.05, 0.1) is 14.1 Å². The number of nitrogens with zero attached hydrogens (tertiary/aromatic N) is 1. The number of carbonyl (C=O) groups excluding carboxylic acids is 1. The number of amides is 1. The molecule has 124 valence electrons. The summed E-state index contributed by atoms with van der Waals surface area (Å²) in [5, 5.41) is 12.4. The lowest BCUT2D eigenvalue weighted by Crippen LogP contribution is -2.38. The molecule has 0 unspecified atom stereocenters. The van der Waals surface area contributed by atoms with E-state index in [1.54, 1.807) is 14.1 Å². The zero-order valence-electron chi connectivity index (χ0n) is 14.2. The minimum atomic E-state index is -0.0384. The average molecular weight is 299 g/mol. The fourth-order valence-corrected chi connectivity index (χ4v) is 2.14. The minimum absolute atomic E-state index is 0.0384. The molecule has 0 aliphatic heterocycles. The maximum Gasteiger partial charge on any atom is 0.219 e. The first-order chi connectivity index (χ1) is 9.95. The zero-order chi connectivity index (χ0) is 16.0. The molecule has 0 saturated carbocycles. The smallest absolute Gasteiger partial charge is 0.219 e. The molecule has 0 heterocycles. The molecule has 4 heteroatoms. The summed E-state index contributed by atoms with van der Waals surface area (Å²) < 4.78 is -0.0384. The summed E-state index contributed by atoms with van der Waals surface area (Å²) in [6.45, 7) is 3.48. The maximum atomic E-state index is 11.6. The highest BCUT2D eigenvalue weighted by Gasteiger charge is 2.09. The van der Waals surface area contributed by atoms with Crippen LogP contribution in [0.15, 0.2) is 12.2 Å². The van der Waals surface area contributed by atoms with Crippen LogP contribution in [0, 0.1) is 0 Å². The number of unbranched alkanes of at least 4 members (excludes halogenated alkanes) is 5. The van der Waals surface area contributed by atoms with Crippen molar-refractivity contribution < 1.29 is 14.6 Å². The van der Waals surface area contributed by atoms with E-state index in [1.807, 2.05) is 0 Å². The van der Waals surface area contributed by atoms with Crippen LogP contribution in [0.4, 0.5) is 0 Å². The molecule has 2 N–H and O–H groups in total. The van der Waals surface area contributed by atoms with Gasteiger partial charge in [0, 0.05) is 19.4 Å². The molecule has 21 heavy (non-hydrogen) atoms. The first-order valence-electron chi connectivity index (χ1n) is 8.43. The number of allylic oxidation sites excluding steroid dienone is 2. The lowest BCUT2D eigenvalue weighted by molar-refractivity contribution is -1.07. The maximum absolute atomic E-state index is 11.6. The van der Waals surface area contributed by atoms with Gasteiger partial charge in [0.2, 0.25) is 5.91 Å². The van der Waals surface area contributed by atoms with E-state index in [2.05, 4.69) is 24.4 Å². The van der Waals surface area contributed by atoms with Crippen molar-refractivity contribution >= 4 is 5.91 Å². The molecule has 4 nitrogen and oxygen atoms in total. The largest absolute Gasteiger partial charge is 0.356 e. The highest BCUT2D eigenvalue weighted by Crippen LogP contribution is 2.07. The van der Waals surface area contributed by atoms with Gasteiger partial charge in [-0.2, -0.15) is 4.65 Å². The van der Waals surface area contributed by atoms with Gasteiger partial charge < -0.3 is 5.32 Å². The number of hydrogen-bond acceptors (Lipinski definition) is 2. The number of rotatable bonds is 13. The van der Waals surface area contributed by atoms with Crippen LogP contribution in [0.2, 0.25) is 0 Å². The third kappa shape index (κ3) is 17.1. The Morgan fingerprint density at radius 1 is 1.05 bits per heavy atom. The van der Waals surface area contributed by atoms with Crippen molar-refractivity contribution in [1.29, 1.82) is 0 Å². The molecule has 0 rings (SSSR count). The van der Waals surface area contributed by atoms with Gasteiger partial charge in [0.15, 0.2) is 0 Å². The second kappa shape index (κ2) is 12.8. The third-order valence-corrected chi connectivity index (χ3v) is 3.38. The molecule has 0 aromatic carbocycles. The Balaban J connectivity index is 3.29. The Labute approximate surface area is 130 Å². The lowest BCUT2D eigenvalue weighted by Gasteiger charge is -2.19. The molecule has 0 fully saturated rings. The Morgan fingerprint density at radius 3 is 2.38 bits per heavy atom. The van der Waals surface area contributed by atoms with Crippen molar-refractivity contribution in [1.82, 2.24) is 5.32 Å². The summed E-state index contributed by atoms with van der Waals surface area (Å²) in [6, 6.07) is 0. The van der Waals surface area contributed by atoms with Crippen LogP contribution in [-0.2, 0) is 4.79 Å². The van der Waals surface area contributed by atoms with E-state index in [0.717, 1.165) is 25.7 Å². The van der Waals surface area contributed by atoms with Crippen LogP contribution in [0.3, 0.4) is 0 Å². The van der Waals surface area contributed by atoms with Crippen molar-refractivity contribution in [2.75, 3.05) is 27.2 Å². The third-order valence-electron chi connectivity index (χ3n) is 3.38. The van der Waals surface area contributed by atoms with E-state index in [4.69, 9.17) is 0 Å². The first kappa shape index (κ1) is 20.1. The topological polar surface area (TPSA) is 49.3 Å². The lowest BCUT2D eigenvalue weighted by atomic mass is 10.1. The second-order valence-corrected chi connectivity index (χ2v) is 6.23. The van der Waals surface area contributed by atoms with Gasteiger partial charge in [-0.05, 0) is 25.7 Å². The van der Waals surface area contributed by atoms with Crippen molar-refractivity contribution in [3.05, 3.63) is 12.2 Å². The van der Waals surface area contributed by atoms with E-state index in [0.29, 0.717) is 19.5 Å². The zero-order valence-corrected chi connectivity index (χ0v) is 14.2. The van der Waals surface area contributed by atoms with Gasteiger partial charge >= 0.3 is 0 Å². The molecule has 1 amide bonds. The Hall–Kier alpha value is -0.870. The van der Waals surface area contributed by atoms with Crippen LogP contribution in [0.5, 0.6) is 0 Å². The molecular weight excluding hydrogens is 264 g/mol. The molecule has 0 atom stereocenters. The number of quaternary nitrogens is 1. The Kier molecular flexibility index (Phi) is 12.3. The van der Waals surface area contributed by atoms with Gasteiger partial charge in [-0.15, -0.1) is 0 Å². The average Bonchev–Trinajstić information content (AvgIpc) is 2.41. The van der Waals surface area contributed by atoms with Crippen molar-refractivity contribution in [3.8, 4) is 0 Å². The molecule has 0 aromatic heterocycles. The Bertz CT molecular complexity index is 283. The van der Waals surface area contributed by atoms with Gasteiger partial charge in [-0.1, -0.05) is 38.3 Å². The van der Waals surface area contributed by atoms with Crippen molar-refractivity contribution in [2.45, 2.75) is 64.7 Å². The number of carbonyl (C=O) groups is 1. The molecule has 0 radical (unpaired) electrons. The van der Waals surface area contributed by atoms with E-state index < -0.39 is 0 Å². The van der Waals surface area contributed by atoms with E-state index in [9.17, 15) is 10.0 Å². The highest BCUT2D eigenvalue weighted by molar-refractivity contribution is 5.75. The van der Waals surface area contributed by atoms with Crippen LogP contribution >= 0.6 is 0 Å². The van der Waals surface area contributed by atoms with Gasteiger partial charge in [0.1, 0.15) is 6.54 Å². The summed E-state index contributed by atoms with van der Waals surface area (Å²) in [6.07, 6.45) is 14.1. The van der Waals surface area contributed by atoms with E-state index >= 15 is 0 Å². The van der Waals surface area contributed by atoms with Gasteiger partial charge in [-0.3, -0.25) is 4.79 Å². The van der Waals surface area contributed by atoms with Crippen LogP contribution in [-0.4, -0.2) is 42.9 Å². The summed E-state index contributed by atoms with van der Waals surface area (Å²) in [5.74, 6) is 0.143. The standard InChI is InChI=1S/C17H34N2O2/c1-4-5-6-7-8-9-10-11-12-14-17(20)18-15-13-16-19(2,3)21/h5-6,21H,4,7-16H2,1-3H3/p+1. The van der Waals surface area contributed by atoms with Gasteiger partial charge in [0.25, 0.3) is 0 Å². The molecule has 0 aromatic rings. The fraction of sp³-hybridized carbons (Fsp3) is 0.824. The van der Waals surface area contributed by atoms with Crippen LogP contribution < -0.4 is 5.32 Å². The van der Waals surface area contributed by atoms with Gasteiger partial charge in [-0.25, -0.2) is 5.21 Å². The minimum Gasteiger partial charge on any atom is -0.356 e. The number of hydrogen-bond donors (Lipinski definition) is 2. The predicted octanol–water partition coefficient (Wildman–Crippen LogP) is 3.66. The van der Waals surface area contributed by atoms with Crippen LogP contribution in [0.1, 0.15) is 64.7 Å². The predicted molar refractivity (Wildman–Crippen MR) is 88.1 cm³/mol. The molecule has 0 spiro atoms. The summed E-state index contributed by atoms with van der Waals surface area (Å²) in [7, 11) is 3.47. The summed E-state index contributed by atoms with van der Waals surface area (Å²) in [4.78, 5) is 11.6. The van der Waals surface area contributed by atoms with Crippen molar-refractivity contribution in [2.24, 2.45) is 0 Å². The molecule has 0 saturated heterocycles. The number of nitrogens with one attached hydrogen (secondary N) is 1. The quantitative estimate of drug-likeness (QED) is 0.236. The monoisotopic (exact) mass is 299 g/mol. The first-order valence-corrected chi connectivity index (χ1v) is 8.43. The normalized spacial score (nSPS) is 12.0. The van der Waals surface area contributed by atoms with Crippen LogP contribution in [0.25, 0.3) is 0 Å². The summed E-state index contributed by atoms with van der Waals surface area (Å²) >= 11 is 0.